The number of halogens is 2. The summed E-state index contributed by atoms with van der Waals surface area (Å²) in [6.07, 6.45) is 0. The van der Waals surface area contributed by atoms with Gasteiger partial charge in [-0.25, -0.2) is 0 Å². The number of rotatable bonds is 8. The van der Waals surface area contributed by atoms with E-state index < -0.39 is 24.1 Å². The molecule has 0 saturated carbocycles. The smallest absolute Gasteiger partial charge is 1.00 e. The molecule has 0 aliphatic carbocycles. The van der Waals surface area contributed by atoms with Crippen LogP contribution in [0.15, 0.2) is 36.4 Å². The van der Waals surface area contributed by atoms with Gasteiger partial charge in [-0.05, 0) is 0 Å². The third kappa shape index (κ3) is 7.08. The Hall–Kier alpha value is -0.897. The Labute approximate surface area is 201 Å². The van der Waals surface area contributed by atoms with E-state index in [0.29, 0.717) is 11.8 Å². The molecule has 0 heterocycles. The number of hydrogen-bond donors (Lipinski definition) is 0. The zero-order valence-electron chi connectivity index (χ0n) is 18.6. The molecule has 0 amide bonds. The van der Waals surface area contributed by atoms with Gasteiger partial charge in [0.05, 0.1) is 0 Å². The van der Waals surface area contributed by atoms with E-state index >= 15 is 0 Å². The third-order valence-corrected chi connectivity index (χ3v) is 5.96. The SMILES string of the molecule is CC(C)c1cccc(N(C)C)c1[O][Zr+2][O]c1c(C(C)C)cccc1N(C)C.[Cl-].[Cl-]. The molecular weight excluding hydrogens is 486 g/mol. The summed E-state index contributed by atoms with van der Waals surface area (Å²) in [5.74, 6) is 2.74. The molecule has 2 aromatic rings. The van der Waals surface area contributed by atoms with Crippen LogP contribution in [0.25, 0.3) is 0 Å². The average Bonchev–Trinajstić information content (AvgIpc) is 2.61. The molecule has 2 aromatic carbocycles. The Balaban J connectivity index is 0.00000392. The van der Waals surface area contributed by atoms with E-state index in [1.807, 2.05) is 0 Å². The van der Waals surface area contributed by atoms with E-state index in [1.165, 1.54) is 11.1 Å². The van der Waals surface area contributed by atoms with Crippen LogP contribution < -0.4 is 40.2 Å². The van der Waals surface area contributed by atoms with Crippen LogP contribution in [0.2, 0.25) is 0 Å². The van der Waals surface area contributed by atoms with Gasteiger partial charge in [0.15, 0.2) is 0 Å². The molecule has 0 bridgehead atoms. The summed E-state index contributed by atoms with van der Waals surface area (Å²) in [5.41, 5.74) is 4.68. The summed E-state index contributed by atoms with van der Waals surface area (Å²) in [4.78, 5) is 4.21. The first-order chi connectivity index (χ1) is 12.7. The van der Waals surface area contributed by atoms with E-state index in [0.717, 1.165) is 22.9 Å². The Morgan fingerprint density at radius 3 is 1.28 bits per heavy atom. The van der Waals surface area contributed by atoms with Gasteiger partial charge < -0.3 is 24.8 Å². The molecule has 160 valence electrons. The zero-order chi connectivity index (χ0) is 20.1. The van der Waals surface area contributed by atoms with Gasteiger partial charge in [0.2, 0.25) is 0 Å². The quantitative estimate of drug-likeness (QED) is 0.468. The third-order valence-electron chi connectivity index (χ3n) is 4.54. The normalized spacial score (nSPS) is 10.0. The average molecular weight is 519 g/mol. The Bertz CT molecular complexity index is 652. The van der Waals surface area contributed by atoms with Crippen LogP contribution >= 0.6 is 0 Å². The van der Waals surface area contributed by atoms with Crippen LogP contribution in [0.5, 0.6) is 11.5 Å². The van der Waals surface area contributed by atoms with Crippen molar-refractivity contribution in [3.8, 4) is 11.5 Å². The molecule has 0 aromatic heterocycles. The number of nitrogens with zero attached hydrogens (tertiary/aromatic N) is 2. The minimum Gasteiger partial charge on any atom is -1.00 e. The molecule has 0 aliphatic heterocycles. The predicted molar refractivity (Wildman–Crippen MR) is 111 cm³/mol. The fourth-order valence-electron chi connectivity index (χ4n) is 3.02. The van der Waals surface area contributed by atoms with Gasteiger partial charge >= 0.3 is 178 Å². The number of hydrogen-bond acceptors (Lipinski definition) is 4. The Kier molecular flexibility index (Phi) is 12.3. The van der Waals surface area contributed by atoms with Crippen LogP contribution in [0, 0.1) is 0 Å². The molecule has 0 radical (unpaired) electrons. The maximum absolute atomic E-state index is 6.35. The molecule has 0 fully saturated rings. The van der Waals surface area contributed by atoms with E-state index in [4.69, 9.17) is 5.63 Å². The van der Waals surface area contributed by atoms with Crippen molar-refractivity contribution in [3.63, 3.8) is 0 Å². The van der Waals surface area contributed by atoms with Crippen LogP contribution in [0.1, 0.15) is 50.7 Å². The molecule has 0 aliphatic rings. The monoisotopic (exact) mass is 516 g/mol. The zero-order valence-corrected chi connectivity index (χ0v) is 22.6. The predicted octanol–water partition coefficient (Wildman–Crippen LogP) is -0.556. The summed E-state index contributed by atoms with van der Waals surface area (Å²) < 4.78 is 12.7. The first-order valence-electron chi connectivity index (χ1n) is 9.43. The van der Waals surface area contributed by atoms with Crippen molar-refractivity contribution in [2.75, 3.05) is 38.0 Å². The van der Waals surface area contributed by atoms with Crippen LogP contribution in [0.4, 0.5) is 11.4 Å². The van der Waals surface area contributed by atoms with Crippen molar-refractivity contribution in [2.24, 2.45) is 0 Å². The van der Waals surface area contributed by atoms with E-state index in [2.05, 4.69) is 102 Å². The summed E-state index contributed by atoms with van der Waals surface area (Å²) in [6, 6.07) is 12.7. The van der Waals surface area contributed by atoms with Crippen molar-refractivity contribution >= 4 is 11.4 Å². The Morgan fingerprint density at radius 1 is 0.655 bits per heavy atom. The number of para-hydroxylation sites is 2. The van der Waals surface area contributed by atoms with E-state index in [9.17, 15) is 0 Å². The second-order valence-corrected chi connectivity index (χ2v) is 9.19. The van der Waals surface area contributed by atoms with E-state index in [-0.39, 0.29) is 24.8 Å². The molecule has 7 heteroatoms. The molecular formula is C22H32Cl2N2O2Zr. The standard InChI is InChI=1S/2C11H17NO.2ClH.Zr/c2*1-8(2)9-6-5-7-10(11(9)13)12(3)4;;;/h2*5-8,13H,1-4H3;2*1H;/q;;;;+4/p-4. The minimum absolute atomic E-state index is 0. The Morgan fingerprint density at radius 2 is 1.00 bits per heavy atom. The molecule has 0 unspecified atom stereocenters. The van der Waals surface area contributed by atoms with Crippen molar-refractivity contribution in [3.05, 3.63) is 47.5 Å². The largest absolute Gasteiger partial charge is 1.00 e. The minimum atomic E-state index is -1.57. The van der Waals surface area contributed by atoms with Gasteiger partial charge in [0.25, 0.3) is 0 Å². The van der Waals surface area contributed by atoms with Crippen LogP contribution in [-0.2, 0) is 24.1 Å². The molecule has 29 heavy (non-hydrogen) atoms. The second-order valence-electron chi connectivity index (χ2n) is 7.78. The fraction of sp³-hybridized carbons (Fsp3) is 0.455. The number of benzene rings is 2. The molecule has 0 atom stereocenters. The van der Waals surface area contributed by atoms with Gasteiger partial charge in [-0.15, -0.1) is 0 Å². The molecule has 0 N–H and O–H groups in total. The van der Waals surface area contributed by atoms with Gasteiger partial charge in [-0.1, -0.05) is 0 Å². The van der Waals surface area contributed by atoms with Gasteiger partial charge in [0, 0.05) is 0 Å². The van der Waals surface area contributed by atoms with Crippen molar-refractivity contribution in [1.82, 2.24) is 0 Å². The summed E-state index contributed by atoms with van der Waals surface area (Å²) in [7, 11) is 8.21. The maximum Gasteiger partial charge on any atom is -1.00 e. The van der Waals surface area contributed by atoms with Crippen LogP contribution in [-0.4, -0.2) is 28.2 Å². The summed E-state index contributed by atoms with van der Waals surface area (Å²) in [5, 5.41) is 0. The molecule has 0 saturated heterocycles. The molecule has 0 spiro atoms. The van der Waals surface area contributed by atoms with Crippen molar-refractivity contribution in [2.45, 2.75) is 39.5 Å². The van der Waals surface area contributed by atoms with Crippen molar-refractivity contribution < 1.29 is 54.6 Å². The topological polar surface area (TPSA) is 24.9 Å². The number of anilines is 2. The second kappa shape index (κ2) is 12.7. The summed E-state index contributed by atoms with van der Waals surface area (Å²) >= 11 is -1.57. The van der Waals surface area contributed by atoms with Crippen molar-refractivity contribution in [1.29, 1.82) is 0 Å². The first kappa shape index (κ1) is 28.1. The molecule has 2 rings (SSSR count). The summed E-state index contributed by atoms with van der Waals surface area (Å²) in [6.45, 7) is 8.80. The van der Waals surface area contributed by atoms with Gasteiger partial charge in [0.1, 0.15) is 0 Å². The van der Waals surface area contributed by atoms with E-state index in [1.54, 1.807) is 0 Å². The maximum atomic E-state index is 6.35. The molecule has 4 nitrogen and oxygen atoms in total. The van der Waals surface area contributed by atoms with Crippen LogP contribution in [0.3, 0.4) is 0 Å². The fourth-order valence-corrected chi connectivity index (χ4v) is 4.63. The van der Waals surface area contributed by atoms with Gasteiger partial charge in [-0.3, -0.25) is 0 Å². The van der Waals surface area contributed by atoms with Gasteiger partial charge in [-0.2, -0.15) is 0 Å². The first-order valence-corrected chi connectivity index (χ1v) is 11.4.